The highest BCUT2D eigenvalue weighted by Gasteiger charge is 2.45. The van der Waals surface area contributed by atoms with Crippen LogP contribution in [0.2, 0.25) is 0 Å². The lowest BCUT2D eigenvalue weighted by Crippen LogP contribution is -2.27. The minimum Gasteiger partial charge on any atom is -0.120 e. The van der Waals surface area contributed by atoms with Crippen LogP contribution in [-0.4, -0.2) is 5.38 Å². The van der Waals surface area contributed by atoms with Crippen LogP contribution in [0.4, 0.5) is 0 Å². The quantitative estimate of drug-likeness (QED) is 0.521. The van der Waals surface area contributed by atoms with Gasteiger partial charge in [-0.25, -0.2) is 0 Å². The molecule has 0 N–H and O–H groups in total. The van der Waals surface area contributed by atoms with Crippen LogP contribution in [0, 0.1) is 0 Å². The third-order valence-corrected chi connectivity index (χ3v) is 5.69. The van der Waals surface area contributed by atoms with Gasteiger partial charge in [-0.15, -0.1) is 23.2 Å². The summed E-state index contributed by atoms with van der Waals surface area (Å²) in [5.41, 5.74) is 3.47. The van der Waals surface area contributed by atoms with E-state index in [4.69, 9.17) is 23.2 Å². The summed E-state index contributed by atoms with van der Waals surface area (Å²) >= 11 is 13.7. The Hall–Kier alpha value is -1.50. The lowest BCUT2D eigenvalue weighted by molar-refractivity contribution is 0.722. The maximum atomic E-state index is 7.05. The fourth-order valence-electron chi connectivity index (χ4n) is 3.31. The third-order valence-electron chi connectivity index (χ3n) is 4.41. The van der Waals surface area contributed by atoms with Crippen molar-refractivity contribution < 1.29 is 0 Å². The molecule has 0 bridgehead atoms. The minimum absolute atomic E-state index is 0.127. The number of alkyl halides is 2. The van der Waals surface area contributed by atoms with Crippen molar-refractivity contribution in [3.63, 3.8) is 0 Å². The van der Waals surface area contributed by atoms with E-state index < -0.39 is 4.87 Å². The van der Waals surface area contributed by atoms with Crippen LogP contribution >= 0.6 is 23.2 Å². The summed E-state index contributed by atoms with van der Waals surface area (Å²) in [4.78, 5) is -0.637. The Morgan fingerprint density at radius 2 is 1.57 bits per heavy atom. The number of benzene rings is 3. The van der Waals surface area contributed by atoms with Crippen LogP contribution in [0.5, 0.6) is 0 Å². The van der Waals surface area contributed by atoms with Crippen LogP contribution in [0.25, 0.3) is 10.8 Å². The molecule has 0 amide bonds. The Morgan fingerprint density at radius 1 is 0.857 bits per heavy atom. The fourth-order valence-corrected chi connectivity index (χ4v) is 4.10. The predicted octanol–water partition coefficient (Wildman–Crippen LogP) is 5.49. The van der Waals surface area contributed by atoms with Gasteiger partial charge in [0.15, 0.2) is 0 Å². The SMILES string of the molecule is Cl[C@@H]1Cc2ccccc2[C@@]1(Cl)c1ccc2ccccc2c1. The van der Waals surface area contributed by atoms with Crippen LogP contribution in [0.15, 0.2) is 66.7 Å². The number of hydrogen-bond donors (Lipinski definition) is 0. The Bertz CT molecular complexity index is 824. The Balaban J connectivity index is 1.94. The van der Waals surface area contributed by atoms with Crippen molar-refractivity contribution in [3.8, 4) is 0 Å². The van der Waals surface area contributed by atoms with Crippen molar-refractivity contribution >= 4 is 34.0 Å². The van der Waals surface area contributed by atoms with Crippen molar-refractivity contribution in [1.82, 2.24) is 0 Å². The van der Waals surface area contributed by atoms with Gasteiger partial charge in [-0.3, -0.25) is 0 Å². The van der Waals surface area contributed by atoms with E-state index in [0.29, 0.717) is 0 Å². The summed E-state index contributed by atoms with van der Waals surface area (Å²) in [6, 6.07) is 23.0. The second kappa shape index (κ2) is 4.76. The second-order valence-corrected chi connectivity index (χ2v) is 6.73. The highest BCUT2D eigenvalue weighted by molar-refractivity contribution is 6.35. The van der Waals surface area contributed by atoms with Crippen molar-refractivity contribution in [2.75, 3.05) is 0 Å². The molecule has 3 aromatic carbocycles. The van der Waals surface area contributed by atoms with Gasteiger partial charge in [-0.05, 0) is 39.9 Å². The number of rotatable bonds is 1. The lowest BCUT2D eigenvalue weighted by atomic mass is 9.90. The van der Waals surface area contributed by atoms with Gasteiger partial charge in [0.25, 0.3) is 0 Å². The number of halogens is 2. The molecule has 3 aromatic rings. The highest BCUT2D eigenvalue weighted by Crippen LogP contribution is 2.50. The first-order valence-corrected chi connectivity index (χ1v) is 7.91. The summed E-state index contributed by atoms with van der Waals surface area (Å²) in [5, 5.41) is 2.29. The molecule has 0 saturated carbocycles. The average molecular weight is 313 g/mol. The van der Waals surface area contributed by atoms with E-state index in [-0.39, 0.29) is 5.38 Å². The molecule has 2 heteroatoms. The van der Waals surface area contributed by atoms with E-state index in [1.54, 1.807) is 0 Å². The van der Waals surface area contributed by atoms with E-state index in [2.05, 4.69) is 42.5 Å². The molecular weight excluding hydrogens is 299 g/mol. The van der Waals surface area contributed by atoms with E-state index in [9.17, 15) is 0 Å². The molecule has 21 heavy (non-hydrogen) atoms. The van der Waals surface area contributed by atoms with Gasteiger partial charge in [0.2, 0.25) is 0 Å². The topological polar surface area (TPSA) is 0 Å². The van der Waals surface area contributed by atoms with Gasteiger partial charge in [0.1, 0.15) is 4.87 Å². The zero-order chi connectivity index (χ0) is 14.4. The summed E-state index contributed by atoms with van der Waals surface area (Å²) in [5.74, 6) is 0. The number of hydrogen-bond acceptors (Lipinski definition) is 0. The lowest BCUT2D eigenvalue weighted by Gasteiger charge is -2.27. The maximum Gasteiger partial charge on any atom is 0.111 e. The van der Waals surface area contributed by atoms with Gasteiger partial charge < -0.3 is 0 Å². The zero-order valence-corrected chi connectivity index (χ0v) is 12.9. The van der Waals surface area contributed by atoms with Gasteiger partial charge in [-0.2, -0.15) is 0 Å². The third kappa shape index (κ3) is 1.90. The van der Waals surface area contributed by atoms with E-state index in [1.165, 1.54) is 16.3 Å². The number of fused-ring (bicyclic) bond motifs is 2. The molecule has 0 spiro atoms. The van der Waals surface area contributed by atoms with Crippen LogP contribution in [0.1, 0.15) is 16.7 Å². The van der Waals surface area contributed by atoms with Crippen LogP contribution in [-0.2, 0) is 11.3 Å². The first-order valence-electron chi connectivity index (χ1n) is 7.10. The van der Waals surface area contributed by atoms with Gasteiger partial charge >= 0.3 is 0 Å². The summed E-state index contributed by atoms with van der Waals surface area (Å²) in [6.07, 6.45) is 0.814. The monoisotopic (exact) mass is 312 g/mol. The Labute approximate surface area is 134 Å². The molecule has 0 heterocycles. The molecule has 0 aromatic heterocycles. The van der Waals surface area contributed by atoms with E-state index >= 15 is 0 Å². The Morgan fingerprint density at radius 3 is 2.43 bits per heavy atom. The molecule has 4 rings (SSSR count). The smallest absolute Gasteiger partial charge is 0.111 e. The van der Waals surface area contributed by atoms with Crippen LogP contribution < -0.4 is 0 Å². The molecular formula is C19H14Cl2. The molecule has 0 fully saturated rings. The summed E-state index contributed by atoms with van der Waals surface area (Å²) in [7, 11) is 0. The van der Waals surface area contributed by atoms with Crippen LogP contribution in [0.3, 0.4) is 0 Å². The highest BCUT2D eigenvalue weighted by atomic mass is 35.5. The minimum atomic E-state index is -0.637. The molecule has 1 aliphatic carbocycles. The van der Waals surface area contributed by atoms with Gasteiger partial charge in [-0.1, -0.05) is 60.7 Å². The van der Waals surface area contributed by atoms with E-state index in [1.807, 2.05) is 24.3 Å². The van der Waals surface area contributed by atoms with Crippen molar-refractivity contribution in [2.24, 2.45) is 0 Å². The van der Waals surface area contributed by atoms with Gasteiger partial charge in [0, 0.05) is 0 Å². The first kappa shape index (κ1) is 13.2. The molecule has 2 atom stereocenters. The molecule has 0 aliphatic heterocycles. The van der Waals surface area contributed by atoms with Crippen molar-refractivity contribution in [3.05, 3.63) is 83.4 Å². The predicted molar refractivity (Wildman–Crippen MR) is 90.4 cm³/mol. The molecule has 1 aliphatic rings. The normalized spacial score (nSPS) is 24.2. The van der Waals surface area contributed by atoms with Gasteiger partial charge in [0.05, 0.1) is 5.38 Å². The first-order chi connectivity index (χ1) is 10.2. The standard InChI is InChI=1S/C19H14Cl2/c20-18-12-15-7-3-4-8-17(15)19(18,21)16-10-9-13-5-1-2-6-14(13)11-16/h1-11,18H,12H2/t18-,19+/m1/s1. The maximum absolute atomic E-state index is 7.05. The van der Waals surface area contributed by atoms with Crippen molar-refractivity contribution in [1.29, 1.82) is 0 Å². The molecule has 104 valence electrons. The summed E-state index contributed by atoms with van der Waals surface area (Å²) < 4.78 is 0. The van der Waals surface area contributed by atoms with Crippen molar-refractivity contribution in [2.45, 2.75) is 16.7 Å². The average Bonchev–Trinajstić information content (AvgIpc) is 2.79. The molecule has 0 radical (unpaired) electrons. The summed E-state index contributed by atoms with van der Waals surface area (Å²) in [6.45, 7) is 0. The molecule has 0 unspecified atom stereocenters. The Kier molecular flexibility index (Phi) is 2.99. The molecule has 0 saturated heterocycles. The fraction of sp³-hybridized carbons (Fsp3) is 0.158. The second-order valence-electron chi connectivity index (χ2n) is 5.60. The largest absolute Gasteiger partial charge is 0.120 e. The molecule has 0 nitrogen and oxygen atoms in total. The van der Waals surface area contributed by atoms with E-state index in [0.717, 1.165) is 17.5 Å². The zero-order valence-electron chi connectivity index (χ0n) is 11.4.